The number of thioether (sulfide) groups is 1. The summed E-state index contributed by atoms with van der Waals surface area (Å²) in [4.78, 5) is 12.3. The Labute approximate surface area is 196 Å². The Morgan fingerprint density at radius 3 is 2.61 bits per heavy atom. The van der Waals surface area contributed by atoms with Gasteiger partial charge in [0, 0.05) is 11.3 Å². The number of hydrazone groups is 1. The molecule has 0 saturated heterocycles. The highest BCUT2D eigenvalue weighted by Gasteiger charge is 2.17. The van der Waals surface area contributed by atoms with Crippen molar-refractivity contribution in [2.24, 2.45) is 5.10 Å². The highest BCUT2D eigenvalue weighted by Crippen LogP contribution is 2.28. The Bertz CT molecular complexity index is 1260. The van der Waals surface area contributed by atoms with Crippen LogP contribution >= 0.6 is 11.8 Å². The summed E-state index contributed by atoms with van der Waals surface area (Å²) in [6, 6.07) is 21.6. The van der Waals surface area contributed by atoms with Gasteiger partial charge in [0.2, 0.25) is 0 Å². The molecule has 2 aromatic carbocycles. The van der Waals surface area contributed by atoms with Crippen molar-refractivity contribution in [3.05, 3.63) is 89.9 Å². The minimum atomic E-state index is -0.235. The normalized spacial score (nSPS) is 11.8. The van der Waals surface area contributed by atoms with Gasteiger partial charge in [0.05, 0.1) is 18.2 Å². The van der Waals surface area contributed by atoms with E-state index < -0.39 is 0 Å². The van der Waals surface area contributed by atoms with E-state index in [1.165, 1.54) is 17.3 Å². The second-order valence-electron chi connectivity index (χ2n) is 7.33. The lowest BCUT2D eigenvalue weighted by Gasteiger charge is -2.10. The molecule has 0 saturated carbocycles. The number of hydrogen-bond acceptors (Lipinski definition) is 6. The third kappa shape index (κ3) is 5.87. The number of furan rings is 1. The van der Waals surface area contributed by atoms with Gasteiger partial charge in [0.25, 0.3) is 5.91 Å². The fourth-order valence-corrected chi connectivity index (χ4v) is 3.81. The average Bonchev–Trinajstić information content (AvgIpc) is 3.49. The third-order valence-electron chi connectivity index (χ3n) is 4.66. The molecule has 0 atom stereocenters. The first-order chi connectivity index (χ1) is 16.1. The van der Waals surface area contributed by atoms with Crippen molar-refractivity contribution in [2.45, 2.75) is 19.0 Å². The smallest absolute Gasteiger partial charge is 0.250 e. The van der Waals surface area contributed by atoms with Gasteiger partial charge < -0.3 is 4.42 Å². The molecule has 4 aromatic rings. The number of amides is 1. The molecule has 0 aliphatic rings. The van der Waals surface area contributed by atoms with Crippen molar-refractivity contribution < 1.29 is 9.21 Å². The number of allylic oxidation sites excluding steroid dienone is 1. The van der Waals surface area contributed by atoms with Crippen molar-refractivity contribution in [1.82, 2.24) is 20.2 Å². The van der Waals surface area contributed by atoms with Gasteiger partial charge in [-0.05, 0) is 49.8 Å². The van der Waals surface area contributed by atoms with Crippen LogP contribution in [0.1, 0.15) is 18.2 Å². The van der Waals surface area contributed by atoms with Crippen molar-refractivity contribution >= 4 is 30.0 Å². The summed E-state index contributed by atoms with van der Waals surface area (Å²) < 4.78 is 7.22. The Kier molecular flexibility index (Phi) is 7.16. The van der Waals surface area contributed by atoms with Gasteiger partial charge in [-0.3, -0.25) is 9.36 Å². The van der Waals surface area contributed by atoms with E-state index in [2.05, 4.69) is 20.7 Å². The summed E-state index contributed by atoms with van der Waals surface area (Å²) >= 11 is 1.31. The number of para-hydroxylation sites is 1. The standard InChI is InChI=1S/C25H23N5O2S/c1-18-10-12-20(13-11-18)24-28-29-25(30(24)21-7-4-3-5-8-21)33-17-23(31)27-26-16-19(2)15-22-9-6-14-32-22/h3-16H,17H2,1-2H3,(H,27,31)/b19-15+,26-16+. The molecule has 1 N–H and O–H groups in total. The number of rotatable bonds is 8. The highest BCUT2D eigenvalue weighted by molar-refractivity contribution is 7.99. The maximum Gasteiger partial charge on any atom is 0.250 e. The second kappa shape index (κ2) is 10.6. The summed E-state index contributed by atoms with van der Waals surface area (Å²) in [7, 11) is 0. The number of aromatic nitrogens is 3. The van der Waals surface area contributed by atoms with Crippen LogP contribution < -0.4 is 5.43 Å². The van der Waals surface area contributed by atoms with Crippen LogP contribution in [0.4, 0.5) is 0 Å². The molecule has 2 aromatic heterocycles. The summed E-state index contributed by atoms with van der Waals surface area (Å²) in [5.74, 6) is 1.37. The zero-order valence-corrected chi connectivity index (χ0v) is 19.1. The molecule has 0 bridgehead atoms. The SMILES string of the molecule is CC(/C=N/NC(=O)CSc1nnc(-c2ccc(C)cc2)n1-c1ccccc1)=C\c1ccco1. The van der Waals surface area contributed by atoms with Gasteiger partial charge in [-0.15, -0.1) is 10.2 Å². The number of carbonyl (C=O) groups excluding carboxylic acids is 1. The second-order valence-corrected chi connectivity index (χ2v) is 8.27. The highest BCUT2D eigenvalue weighted by atomic mass is 32.2. The molecule has 0 radical (unpaired) electrons. The van der Waals surface area contributed by atoms with Crippen LogP contribution in [0.25, 0.3) is 23.2 Å². The van der Waals surface area contributed by atoms with Gasteiger partial charge in [0.1, 0.15) is 5.76 Å². The zero-order chi connectivity index (χ0) is 23.0. The fraction of sp³-hybridized carbons (Fsp3) is 0.120. The number of carbonyl (C=O) groups is 1. The van der Waals surface area contributed by atoms with Crippen molar-refractivity contribution in [3.63, 3.8) is 0 Å². The monoisotopic (exact) mass is 457 g/mol. The van der Waals surface area contributed by atoms with Gasteiger partial charge in [-0.2, -0.15) is 5.10 Å². The summed E-state index contributed by atoms with van der Waals surface area (Å²) in [5.41, 5.74) is 6.46. The predicted molar refractivity (Wildman–Crippen MR) is 131 cm³/mol. The van der Waals surface area contributed by atoms with Gasteiger partial charge in [-0.25, -0.2) is 5.43 Å². The number of aryl methyl sites for hydroxylation is 1. The molecule has 2 heterocycles. The molecule has 33 heavy (non-hydrogen) atoms. The van der Waals surface area contributed by atoms with Gasteiger partial charge in [0.15, 0.2) is 11.0 Å². The number of benzene rings is 2. The number of nitrogens with zero attached hydrogens (tertiary/aromatic N) is 4. The molecule has 0 fully saturated rings. The third-order valence-corrected chi connectivity index (χ3v) is 5.59. The van der Waals surface area contributed by atoms with Gasteiger partial charge in [-0.1, -0.05) is 59.8 Å². The first-order valence-corrected chi connectivity index (χ1v) is 11.3. The van der Waals surface area contributed by atoms with Crippen LogP contribution in [-0.2, 0) is 4.79 Å². The molecular weight excluding hydrogens is 434 g/mol. The van der Waals surface area contributed by atoms with Gasteiger partial charge >= 0.3 is 0 Å². The Morgan fingerprint density at radius 2 is 1.88 bits per heavy atom. The quantitative estimate of drug-likeness (QED) is 0.225. The minimum Gasteiger partial charge on any atom is -0.465 e. The van der Waals surface area contributed by atoms with E-state index in [-0.39, 0.29) is 11.7 Å². The molecule has 7 nitrogen and oxygen atoms in total. The Morgan fingerprint density at radius 1 is 1.09 bits per heavy atom. The Hall–Kier alpha value is -3.91. The fourth-order valence-electron chi connectivity index (χ4n) is 3.07. The molecule has 0 spiro atoms. The van der Waals surface area contributed by atoms with E-state index in [1.807, 2.05) is 91.2 Å². The molecule has 8 heteroatoms. The van der Waals surface area contributed by atoms with E-state index in [4.69, 9.17) is 4.42 Å². The minimum absolute atomic E-state index is 0.150. The summed E-state index contributed by atoms with van der Waals surface area (Å²) in [5, 5.41) is 13.4. The van der Waals surface area contributed by atoms with Crippen LogP contribution in [0.2, 0.25) is 0 Å². The number of hydrogen-bond donors (Lipinski definition) is 1. The molecule has 1 amide bonds. The summed E-state index contributed by atoms with van der Waals surface area (Å²) in [6.07, 6.45) is 5.01. The van der Waals surface area contributed by atoms with Crippen LogP contribution in [0.15, 0.2) is 93.2 Å². The van der Waals surface area contributed by atoms with Crippen LogP contribution in [0.3, 0.4) is 0 Å². The number of nitrogens with one attached hydrogen (secondary N) is 1. The predicted octanol–water partition coefficient (Wildman–Crippen LogP) is 5.13. The van der Waals surface area contributed by atoms with E-state index >= 15 is 0 Å². The maximum absolute atomic E-state index is 12.3. The maximum atomic E-state index is 12.3. The zero-order valence-electron chi connectivity index (χ0n) is 18.3. The molecule has 0 aliphatic heterocycles. The molecule has 166 valence electrons. The molecular formula is C25H23N5O2S. The van der Waals surface area contributed by atoms with E-state index in [9.17, 15) is 4.79 Å². The van der Waals surface area contributed by atoms with Crippen LogP contribution in [-0.4, -0.2) is 32.6 Å². The molecule has 4 rings (SSSR count). The first kappa shape index (κ1) is 22.3. The van der Waals surface area contributed by atoms with Crippen molar-refractivity contribution in [3.8, 4) is 17.1 Å². The lowest BCUT2D eigenvalue weighted by molar-refractivity contribution is -0.118. The topological polar surface area (TPSA) is 85.3 Å². The van der Waals surface area contributed by atoms with Crippen LogP contribution in [0, 0.1) is 6.92 Å². The average molecular weight is 458 g/mol. The summed E-state index contributed by atoms with van der Waals surface area (Å²) in [6.45, 7) is 3.92. The van der Waals surface area contributed by atoms with E-state index in [0.29, 0.717) is 5.16 Å². The first-order valence-electron chi connectivity index (χ1n) is 10.3. The lowest BCUT2D eigenvalue weighted by Crippen LogP contribution is -2.20. The van der Waals surface area contributed by atoms with Crippen LogP contribution in [0.5, 0.6) is 0 Å². The lowest BCUT2D eigenvalue weighted by atomic mass is 10.1. The van der Waals surface area contributed by atoms with Crippen molar-refractivity contribution in [1.29, 1.82) is 0 Å². The Balaban J connectivity index is 1.46. The molecule has 0 aliphatic carbocycles. The van der Waals surface area contributed by atoms with Crippen molar-refractivity contribution in [2.75, 3.05) is 5.75 Å². The van der Waals surface area contributed by atoms with E-state index in [0.717, 1.165) is 28.4 Å². The largest absolute Gasteiger partial charge is 0.465 e. The molecule has 0 unspecified atom stereocenters. The van der Waals surface area contributed by atoms with E-state index in [1.54, 1.807) is 12.5 Å².